The van der Waals surface area contributed by atoms with Crippen LogP contribution in [0.4, 0.5) is 0 Å². The Bertz CT molecular complexity index is 721. The molecule has 2 aromatic carbocycles. The van der Waals surface area contributed by atoms with Gasteiger partial charge in [0.1, 0.15) is 18.5 Å². The lowest BCUT2D eigenvalue weighted by molar-refractivity contribution is 0.00464. The van der Waals surface area contributed by atoms with Crippen molar-refractivity contribution in [3.63, 3.8) is 0 Å². The lowest BCUT2D eigenvalue weighted by Gasteiger charge is -2.28. The number of hydrogen-bond acceptors (Lipinski definition) is 5. The molecule has 0 bridgehead atoms. The van der Waals surface area contributed by atoms with Crippen molar-refractivity contribution >= 4 is 0 Å². The Labute approximate surface area is 161 Å². The van der Waals surface area contributed by atoms with Crippen LogP contribution in [0.15, 0.2) is 48.5 Å². The molecule has 0 radical (unpaired) electrons. The minimum Gasteiger partial charge on any atom is -0.491 e. The number of ether oxygens (including phenoxy) is 2. The molecule has 1 fully saturated rings. The number of rotatable bonds is 7. The lowest BCUT2D eigenvalue weighted by atomic mass is 10.1. The maximum Gasteiger partial charge on any atom is 0.119 e. The summed E-state index contributed by atoms with van der Waals surface area (Å²) in [5.41, 5.74) is 4.09. The summed E-state index contributed by atoms with van der Waals surface area (Å²) in [4.78, 5) is 4.66. The van der Waals surface area contributed by atoms with Crippen LogP contribution < -0.4 is 4.74 Å². The van der Waals surface area contributed by atoms with E-state index in [1.165, 1.54) is 16.7 Å². The first-order chi connectivity index (χ1) is 13.3. The number of hydrogen-bond donors (Lipinski definition) is 1. The van der Waals surface area contributed by atoms with Gasteiger partial charge in [0.05, 0.1) is 13.2 Å². The quantitative estimate of drug-likeness (QED) is 0.812. The second-order valence-corrected chi connectivity index (χ2v) is 7.44. The highest BCUT2D eigenvalue weighted by Gasteiger charge is 2.18. The molecule has 0 amide bonds. The first kappa shape index (κ1) is 18.4. The number of aliphatic hydroxyl groups is 1. The second-order valence-electron chi connectivity index (χ2n) is 7.44. The van der Waals surface area contributed by atoms with E-state index in [1.807, 2.05) is 12.1 Å². The smallest absolute Gasteiger partial charge is 0.119 e. The summed E-state index contributed by atoms with van der Waals surface area (Å²) in [6.45, 7) is 7.10. The van der Waals surface area contributed by atoms with E-state index in [1.54, 1.807) is 0 Å². The number of fused-ring (bicyclic) bond motifs is 1. The highest BCUT2D eigenvalue weighted by Crippen LogP contribution is 2.25. The lowest BCUT2D eigenvalue weighted by Crippen LogP contribution is -2.42. The topological polar surface area (TPSA) is 45.2 Å². The Balaban J connectivity index is 1.26. The third kappa shape index (κ3) is 5.08. The molecule has 5 nitrogen and oxygen atoms in total. The zero-order valence-corrected chi connectivity index (χ0v) is 15.7. The standard InChI is InChI=1S/C22H28N2O3/c25-21(16-23-8-10-26-11-9-23)17-27-22-7-3-4-18(12-22)13-24-14-19-5-1-2-6-20(19)15-24/h1-7,12,21,25H,8-11,13-17H2. The van der Waals surface area contributed by atoms with E-state index in [0.29, 0.717) is 13.2 Å². The summed E-state index contributed by atoms with van der Waals surface area (Å²) in [5.74, 6) is 0.824. The van der Waals surface area contributed by atoms with E-state index >= 15 is 0 Å². The van der Waals surface area contributed by atoms with Crippen LogP contribution in [-0.4, -0.2) is 60.5 Å². The van der Waals surface area contributed by atoms with Crippen molar-refractivity contribution in [3.05, 3.63) is 65.2 Å². The molecular formula is C22H28N2O3. The molecule has 0 aliphatic carbocycles. The molecule has 2 aliphatic heterocycles. The Morgan fingerprint density at radius 3 is 2.44 bits per heavy atom. The third-order valence-corrected chi connectivity index (χ3v) is 5.23. The van der Waals surface area contributed by atoms with Gasteiger partial charge in [0.15, 0.2) is 0 Å². The van der Waals surface area contributed by atoms with Crippen LogP contribution in [0.2, 0.25) is 0 Å². The summed E-state index contributed by atoms with van der Waals surface area (Å²) >= 11 is 0. The normalized spacial score (nSPS) is 19.0. The fourth-order valence-corrected chi connectivity index (χ4v) is 3.83. The predicted octanol–water partition coefficient (Wildman–Crippen LogP) is 2.27. The molecule has 0 spiro atoms. The van der Waals surface area contributed by atoms with E-state index in [4.69, 9.17) is 9.47 Å². The maximum absolute atomic E-state index is 10.2. The van der Waals surface area contributed by atoms with Crippen LogP contribution in [0, 0.1) is 0 Å². The van der Waals surface area contributed by atoms with Crippen molar-refractivity contribution < 1.29 is 14.6 Å². The summed E-state index contributed by atoms with van der Waals surface area (Å²) in [7, 11) is 0. The van der Waals surface area contributed by atoms with Gasteiger partial charge < -0.3 is 14.6 Å². The van der Waals surface area contributed by atoms with Crippen LogP contribution >= 0.6 is 0 Å². The molecule has 2 aliphatic rings. The van der Waals surface area contributed by atoms with E-state index in [-0.39, 0.29) is 0 Å². The largest absolute Gasteiger partial charge is 0.491 e. The first-order valence-electron chi connectivity index (χ1n) is 9.75. The molecule has 144 valence electrons. The number of nitrogens with zero attached hydrogens (tertiary/aromatic N) is 2. The summed E-state index contributed by atoms with van der Waals surface area (Å²) in [5, 5.41) is 10.2. The highest BCUT2D eigenvalue weighted by atomic mass is 16.5. The minimum absolute atomic E-state index is 0.315. The van der Waals surface area contributed by atoms with Gasteiger partial charge in [-0.1, -0.05) is 36.4 Å². The summed E-state index contributed by atoms with van der Waals surface area (Å²) < 4.78 is 11.2. The van der Waals surface area contributed by atoms with E-state index in [0.717, 1.165) is 51.7 Å². The van der Waals surface area contributed by atoms with Crippen molar-refractivity contribution in [1.82, 2.24) is 9.80 Å². The van der Waals surface area contributed by atoms with E-state index in [2.05, 4.69) is 46.2 Å². The Morgan fingerprint density at radius 2 is 1.70 bits per heavy atom. The molecule has 0 saturated carbocycles. The first-order valence-corrected chi connectivity index (χ1v) is 9.75. The molecule has 2 heterocycles. The van der Waals surface area contributed by atoms with Gasteiger partial charge in [-0.05, 0) is 28.8 Å². The van der Waals surface area contributed by atoms with E-state index in [9.17, 15) is 5.11 Å². The molecule has 2 aromatic rings. The van der Waals surface area contributed by atoms with Crippen molar-refractivity contribution in [2.24, 2.45) is 0 Å². The molecule has 5 heteroatoms. The van der Waals surface area contributed by atoms with Crippen molar-refractivity contribution in [3.8, 4) is 5.75 Å². The SMILES string of the molecule is OC(COc1cccc(CN2Cc3ccccc3C2)c1)CN1CCOCC1. The average Bonchev–Trinajstić information content (AvgIpc) is 3.10. The van der Waals surface area contributed by atoms with Gasteiger partial charge in [0.25, 0.3) is 0 Å². The number of aliphatic hydroxyl groups excluding tert-OH is 1. The van der Waals surface area contributed by atoms with Crippen LogP contribution in [0.1, 0.15) is 16.7 Å². The second kappa shape index (κ2) is 8.85. The Morgan fingerprint density at radius 1 is 0.963 bits per heavy atom. The zero-order chi connectivity index (χ0) is 18.5. The molecular weight excluding hydrogens is 340 g/mol. The maximum atomic E-state index is 10.2. The monoisotopic (exact) mass is 368 g/mol. The third-order valence-electron chi connectivity index (χ3n) is 5.23. The van der Waals surface area contributed by atoms with E-state index < -0.39 is 6.10 Å². The predicted molar refractivity (Wildman–Crippen MR) is 105 cm³/mol. The average molecular weight is 368 g/mol. The summed E-state index contributed by atoms with van der Waals surface area (Å²) in [6.07, 6.45) is -0.486. The van der Waals surface area contributed by atoms with Crippen molar-refractivity contribution in [2.75, 3.05) is 39.5 Å². The van der Waals surface area contributed by atoms with Crippen LogP contribution in [0.25, 0.3) is 0 Å². The van der Waals surface area contributed by atoms with Gasteiger partial charge in [-0.2, -0.15) is 0 Å². The summed E-state index contributed by atoms with van der Waals surface area (Å²) in [6, 6.07) is 16.9. The fourth-order valence-electron chi connectivity index (χ4n) is 3.83. The Kier molecular flexibility index (Phi) is 6.04. The number of β-amino-alcohol motifs (C(OH)–C–C–N with tert-alkyl or cyclic N) is 1. The van der Waals surface area contributed by atoms with Gasteiger partial charge in [-0.25, -0.2) is 0 Å². The molecule has 0 aromatic heterocycles. The molecule has 27 heavy (non-hydrogen) atoms. The van der Waals surface area contributed by atoms with Gasteiger partial charge >= 0.3 is 0 Å². The molecule has 1 saturated heterocycles. The van der Waals surface area contributed by atoms with Gasteiger partial charge in [0.2, 0.25) is 0 Å². The van der Waals surface area contributed by atoms with Crippen LogP contribution in [0.5, 0.6) is 5.75 Å². The molecule has 1 unspecified atom stereocenters. The highest BCUT2D eigenvalue weighted by molar-refractivity contribution is 5.32. The molecule has 4 rings (SSSR count). The number of morpholine rings is 1. The van der Waals surface area contributed by atoms with Gasteiger partial charge in [-0.15, -0.1) is 0 Å². The van der Waals surface area contributed by atoms with Gasteiger partial charge in [0, 0.05) is 39.3 Å². The molecule has 1 N–H and O–H groups in total. The minimum atomic E-state index is -0.486. The fraction of sp³-hybridized carbons (Fsp3) is 0.455. The Hall–Kier alpha value is -1.92. The van der Waals surface area contributed by atoms with Crippen molar-refractivity contribution in [2.45, 2.75) is 25.7 Å². The molecule has 1 atom stereocenters. The van der Waals surface area contributed by atoms with Crippen LogP contribution in [0.3, 0.4) is 0 Å². The van der Waals surface area contributed by atoms with Crippen LogP contribution in [-0.2, 0) is 24.4 Å². The van der Waals surface area contributed by atoms with Gasteiger partial charge in [-0.3, -0.25) is 9.80 Å². The van der Waals surface area contributed by atoms with Crippen molar-refractivity contribution in [1.29, 1.82) is 0 Å². The zero-order valence-electron chi connectivity index (χ0n) is 15.7. The number of benzene rings is 2.